The van der Waals surface area contributed by atoms with E-state index in [1.807, 2.05) is 40.8 Å². The molecule has 2 N–H and O–H groups in total. The minimum absolute atomic E-state index is 0.106. The van der Waals surface area contributed by atoms with Crippen LogP contribution in [0.2, 0.25) is 0 Å². The van der Waals surface area contributed by atoms with Gasteiger partial charge in [0.05, 0.1) is 11.7 Å². The highest BCUT2D eigenvalue weighted by Gasteiger charge is 2.18. The van der Waals surface area contributed by atoms with E-state index in [0.717, 1.165) is 17.0 Å². The van der Waals surface area contributed by atoms with Crippen LogP contribution in [-0.4, -0.2) is 25.9 Å². The molecule has 2 aromatic rings. The molecule has 0 aliphatic rings. The molecule has 2 aromatic heterocycles. The quantitative estimate of drug-likeness (QED) is 0.899. The van der Waals surface area contributed by atoms with Crippen molar-refractivity contribution in [2.75, 3.05) is 0 Å². The molecule has 20 heavy (non-hydrogen) atoms. The predicted molar refractivity (Wildman–Crippen MR) is 76.6 cm³/mol. The van der Waals surface area contributed by atoms with Crippen LogP contribution in [0.4, 0.5) is 0 Å². The zero-order valence-corrected chi connectivity index (χ0v) is 12.6. The van der Waals surface area contributed by atoms with Crippen LogP contribution in [0.5, 0.6) is 0 Å². The summed E-state index contributed by atoms with van der Waals surface area (Å²) in [6.45, 7) is 9.87. The Kier molecular flexibility index (Phi) is 3.92. The summed E-state index contributed by atoms with van der Waals surface area (Å²) in [4.78, 5) is 12.2. The van der Waals surface area contributed by atoms with E-state index in [1.54, 1.807) is 10.7 Å². The zero-order valence-electron chi connectivity index (χ0n) is 12.6. The minimum Gasteiger partial charge on any atom is -0.344 e. The number of carbonyl (C=O) groups excluding carboxylic acids is 1. The number of carbonyl (C=O) groups is 1. The van der Waals surface area contributed by atoms with Gasteiger partial charge in [0.15, 0.2) is 0 Å². The lowest BCUT2D eigenvalue weighted by atomic mass is 10.1. The molecule has 6 nitrogen and oxygen atoms in total. The molecule has 108 valence electrons. The first kappa shape index (κ1) is 14.3. The number of H-pyrrole nitrogens is 1. The van der Waals surface area contributed by atoms with Crippen LogP contribution in [0.3, 0.4) is 0 Å². The van der Waals surface area contributed by atoms with Crippen molar-refractivity contribution in [2.24, 2.45) is 0 Å². The molecule has 1 amide bonds. The van der Waals surface area contributed by atoms with Crippen LogP contribution in [-0.2, 0) is 0 Å². The first-order valence-corrected chi connectivity index (χ1v) is 6.77. The van der Waals surface area contributed by atoms with E-state index in [9.17, 15) is 4.79 Å². The van der Waals surface area contributed by atoms with Crippen molar-refractivity contribution in [3.63, 3.8) is 0 Å². The Labute approximate surface area is 118 Å². The molecule has 0 fully saturated rings. The number of hydrogen-bond donors (Lipinski definition) is 2. The summed E-state index contributed by atoms with van der Waals surface area (Å²) >= 11 is 0. The van der Waals surface area contributed by atoms with Gasteiger partial charge in [0.2, 0.25) is 0 Å². The number of rotatable bonds is 4. The van der Waals surface area contributed by atoms with Crippen molar-refractivity contribution in [3.8, 4) is 0 Å². The van der Waals surface area contributed by atoms with Crippen LogP contribution < -0.4 is 5.32 Å². The lowest BCUT2D eigenvalue weighted by Gasteiger charge is -2.13. The van der Waals surface area contributed by atoms with Crippen LogP contribution >= 0.6 is 0 Å². The molecule has 0 saturated carbocycles. The molecule has 1 atom stereocenters. The SMILES string of the molecule is Cc1n[nH]c(C)c1[C@H](C)NC(=O)c1ccn(C(C)C)n1. The van der Waals surface area contributed by atoms with E-state index in [-0.39, 0.29) is 18.0 Å². The normalized spacial score (nSPS) is 12.7. The van der Waals surface area contributed by atoms with Gasteiger partial charge in [-0.05, 0) is 40.7 Å². The standard InChI is InChI=1S/C14H21N5O/c1-8(2)19-7-6-12(18-19)14(20)15-9(3)13-10(4)16-17-11(13)5/h6-9H,1-5H3,(H,15,20)(H,16,17)/t9-/m0/s1. The molecule has 2 rings (SSSR count). The number of nitrogens with one attached hydrogen (secondary N) is 2. The third-order valence-corrected chi connectivity index (χ3v) is 3.34. The second-order valence-electron chi connectivity index (χ2n) is 5.32. The molecule has 0 spiro atoms. The number of aryl methyl sites for hydroxylation is 2. The molecule has 0 saturated heterocycles. The van der Waals surface area contributed by atoms with Crippen LogP contribution in [0.25, 0.3) is 0 Å². The Morgan fingerprint density at radius 1 is 1.35 bits per heavy atom. The summed E-state index contributed by atoms with van der Waals surface area (Å²) in [5, 5.41) is 14.3. The largest absolute Gasteiger partial charge is 0.344 e. The minimum atomic E-state index is -0.170. The fourth-order valence-corrected chi connectivity index (χ4v) is 2.29. The summed E-state index contributed by atoms with van der Waals surface area (Å²) in [5.74, 6) is -0.170. The van der Waals surface area contributed by atoms with Gasteiger partial charge < -0.3 is 5.32 Å². The predicted octanol–water partition coefficient (Wildman–Crippen LogP) is 2.29. The van der Waals surface area contributed by atoms with Gasteiger partial charge in [-0.25, -0.2) is 0 Å². The number of aromatic nitrogens is 4. The first-order valence-electron chi connectivity index (χ1n) is 6.77. The zero-order chi connectivity index (χ0) is 14.9. The van der Waals surface area contributed by atoms with E-state index in [2.05, 4.69) is 20.6 Å². The second-order valence-corrected chi connectivity index (χ2v) is 5.32. The maximum atomic E-state index is 12.2. The Morgan fingerprint density at radius 2 is 2.05 bits per heavy atom. The molecule has 2 heterocycles. The lowest BCUT2D eigenvalue weighted by molar-refractivity contribution is 0.0933. The van der Waals surface area contributed by atoms with Gasteiger partial charge in [0, 0.05) is 23.5 Å². The maximum absolute atomic E-state index is 12.2. The number of aromatic amines is 1. The van der Waals surface area contributed by atoms with Crippen molar-refractivity contribution in [1.82, 2.24) is 25.3 Å². The molecule has 0 radical (unpaired) electrons. The van der Waals surface area contributed by atoms with Crippen molar-refractivity contribution in [2.45, 2.75) is 46.7 Å². The van der Waals surface area contributed by atoms with Crippen molar-refractivity contribution < 1.29 is 4.79 Å². The van der Waals surface area contributed by atoms with Crippen molar-refractivity contribution in [3.05, 3.63) is 34.9 Å². The lowest BCUT2D eigenvalue weighted by Crippen LogP contribution is -2.27. The third-order valence-electron chi connectivity index (χ3n) is 3.34. The molecule has 0 unspecified atom stereocenters. The Bertz CT molecular complexity index is 591. The second kappa shape index (κ2) is 5.48. The van der Waals surface area contributed by atoms with Gasteiger partial charge >= 0.3 is 0 Å². The van der Waals surface area contributed by atoms with Gasteiger partial charge in [-0.1, -0.05) is 0 Å². The highest BCUT2D eigenvalue weighted by molar-refractivity contribution is 5.92. The van der Waals surface area contributed by atoms with Crippen LogP contribution in [0.1, 0.15) is 60.3 Å². The van der Waals surface area contributed by atoms with E-state index in [0.29, 0.717) is 5.69 Å². The van der Waals surface area contributed by atoms with Crippen molar-refractivity contribution in [1.29, 1.82) is 0 Å². The molecule has 0 aliphatic carbocycles. The summed E-state index contributed by atoms with van der Waals surface area (Å²) < 4.78 is 1.77. The van der Waals surface area contributed by atoms with E-state index >= 15 is 0 Å². The Balaban J connectivity index is 2.11. The molecule has 6 heteroatoms. The Morgan fingerprint density at radius 3 is 2.55 bits per heavy atom. The van der Waals surface area contributed by atoms with Gasteiger partial charge in [-0.15, -0.1) is 0 Å². The van der Waals surface area contributed by atoms with Gasteiger partial charge in [0.25, 0.3) is 5.91 Å². The fourth-order valence-electron chi connectivity index (χ4n) is 2.29. The fraction of sp³-hybridized carbons (Fsp3) is 0.500. The number of nitrogens with zero attached hydrogens (tertiary/aromatic N) is 3. The van der Waals surface area contributed by atoms with Crippen LogP contribution in [0, 0.1) is 13.8 Å². The monoisotopic (exact) mass is 275 g/mol. The Hall–Kier alpha value is -2.11. The highest BCUT2D eigenvalue weighted by Crippen LogP contribution is 2.19. The van der Waals surface area contributed by atoms with E-state index in [1.165, 1.54) is 0 Å². The summed E-state index contributed by atoms with van der Waals surface area (Å²) in [5.41, 5.74) is 3.34. The number of hydrogen-bond acceptors (Lipinski definition) is 3. The molecule has 0 aliphatic heterocycles. The van der Waals surface area contributed by atoms with Gasteiger partial charge in [-0.2, -0.15) is 10.2 Å². The average Bonchev–Trinajstić information content (AvgIpc) is 2.96. The number of amides is 1. The highest BCUT2D eigenvalue weighted by atomic mass is 16.2. The average molecular weight is 275 g/mol. The smallest absolute Gasteiger partial charge is 0.272 e. The third kappa shape index (κ3) is 2.74. The summed E-state index contributed by atoms with van der Waals surface area (Å²) in [6, 6.07) is 1.87. The molecular weight excluding hydrogens is 254 g/mol. The van der Waals surface area contributed by atoms with Gasteiger partial charge in [0.1, 0.15) is 5.69 Å². The van der Waals surface area contributed by atoms with Crippen LogP contribution in [0.15, 0.2) is 12.3 Å². The van der Waals surface area contributed by atoms with E-state index < -0.39 is 0 Å². The van der Waals surface area contributed by atoms with Crippen molar-refractivity contribution >= 4 is 5.91 Å². The summed E-state index contributed by atoms with van der Waals surface area (Å²) in [7, 11) is 0. The molecule has 0 bridgehead atoms. The van der Waals surface area contributed by atoms with E-state index in [4.69, 9.17) is 0 Å². The molecular formula is C14H21N5O. The molecule has 0 aromatic carbocycles. The summed E-state index contributed by atoms with van der Waals surface area (Å²) in [6.07, 6.45) is 1.82. The topological polar surface area (TPSA) is 75.6 Å². The van der Waals surface area contributed by atoms with Gasteiger partial charge in [-0.3, -0.25) is 14.6 Å². The maximum Gasteiger partial charge on any atom is 0.272 e. The first-order chi connectivity index (χ1) is 9.40.